The Morgan fingerprint density at radius 1 is 0.625 bits per heavy atom. The first-order valence-electron chi connectivity index (χ1n) is 10.3. The van der Waals surface area contributed by atoms with Crippen LogP contribution in [0.1, 0.15) is 51.9 Å². The molecule has 0 aromatic heterocycles. The van der Waals surface area contributed by atoms with Gasteiger partial charge in [-0.2, -0.15) is 0 Å². The second-order valence-electron chi connectivity index (χ2n) is 7.43. The molecule has 0 heterocycles. The average Bonchev–Trinajstić information content (AvgIpc) is 2.73. The van der Waals surface area contributed by atoms with Crippen molar-refractivity contribution in [3.8, 4) is 23.0 Å². The number of aromatic hydroxyl groups is 4. The molecule has 0 atom stereocenters. The van der Waals surface area contributed by atoms with Gasteiger partial charge in [0.1, 0.15) is 0 Å². The van der Waals surface area contributed by atoms with E-state index in [9.17, 15) is 37.3 Å². The smallest absolute Gasteiger partial charge is 0.256 e. The molecule has 0 unspecified atom stereocenters. The molecule has 0 fully saturated rings. The van der Waals surface area contributed by atoms with Gasteiger partial charge < -0.3 is 20.4 Å². The highest BCUT2D eigenvalue weighted by molar-refractivity contribution is 8.04. The summed E-state index contributed by atoms with van der Waals surface area (Å²) in [5, 5.41) is 38.4. The topological polar surface area (TPSA) is 152 Å². The Kier molecular flexibility index (Phi) is 8.76. The molecule has 178 valence electrons. The van der Waals surface area contributed by atoms with Crippen LogP contribution in [-0.4, -0.2) is 47.5 Å². The third-order valence-electron chi connectivity index (χ3n) is 4.97. The predicted octanol–water partition coefficient (Wildman–Crippen LogP) is 3.64. The van der Waals surface area contributed by atoms with Crippen LogP contribution < -0.4 is 0 Å². The summed E-state index contributed by atoms with van der Waals surface area (Å²) in [6.07, 6.45) is 5.92. The molecule has 0 radical (unpaired) electrons. The summed E-state index contributed by atoms with van der Waals surface area (Å²) in [6.45, 7) is 1.75. The summed E-state index contributed by atoms with van der Waals surface area (Å²) >= 11 is 0. The number of phenols is 4. The second kappa shape index (κ2) is 10.9. The number of phenolic OH excluding ortho intramolecular Hbond substituents is 4. The fourth-order valence-corrected chi connectivity index (χ4v) is 6.89. The number of unbranched alkanes of at least 4 members (excludes halogenated alkanes) is 6. The molecule has 0 spiro atoms. The van der Waals surface area contributed by atoms with Gasteiger partial charge in [0.05, 0.1) is 9.79 Å². The third-order valence-corrected chi connectivity index (χ3v) is 9.28. The third kappa shape index (κ3) is 6.05. The van der Waals surface area contributed by atoms with Gasteiger partial charge >= 0.3 is 0 Å². The second-order valence-corrected chi connectivity index (χ2v) is 11.4. The van der Waals surface area contributed by atoms with E-state index in [1.54, 1.807) is 0 Å². The number of hydrogen-bond acceptors (Lipinski definition) is 8. The molecule has 0 aliphatic heterocycles. The summed E-state index contributed by atoms with van der Waals surface area (Å²) in [5.41, 5.74) is 0. The zero-order valence-electron chi connectivity index (χ0n) is 17.8. The van der Waals surface area contributed by atoms with E-state index in [0.29, 0.717) is 10.1 Å². The van der Waals surface area contributed by atoms with E-state index >= 15 is 0 Å². The first-order valence-corrected chi connectivity index (χ1v) is 13.2. The fraction of sp³-hybridized carbons (Fsp3) is 0.429. The van der Waals surface area contributed by atoms with Gasteiger partial charge in [0, 0.05) is 18.7 Å². The lowest BCUT2D eigenvalue weighted by Gasteiger charge is -2.22. The van der Waals surface area contributed by atoms with Crippen molar-refractivity contribution in [2.24, 2.45) is 0 Å². The maximum absolute atomic E-state index is 13.2. The Balaban J connectivity index is 2.37. The number of hydrogen-bond donors (Lipinski definition) is 4. The molecule has 0 bridgehead atoms. The van der Waals surface area contributed by atoms with Gasteiger partial charge in [0.2, 0.25) is 0 Å². The van der Waals surface area contributed by atoms with Crippen molar-refractivity contribution >= 4 is 20.0 Å². The molecular weight excluding hydrogens is 458 g/mol. The van der Waals surface area contributed by atoms with Crippen molar-refractivity contribution in [1.82, 2.24) is 3.71 Å². The summed E-state index contributed by atoms with van der Waals surface area (Å²) in [6, 6.07) is 5.43. The number of rotatable bonds is 12. The molecule has 0 aliphatic rings. The molecule has 0 aliphatic carbocycles. The highest BCUT2D eigenvalue weighted by Crippen LogP contribution is 2.33. The predicted molar refractivity (Wildman–Crippen MR) is 119 cm³/mol. The molecule has 0 saturated heterocycles. The van der Waals surface area contributed by atoms with Crippen LogP contribution in [0.25, 0.3) is 0 Å². The summed E-state index contributed by atoms with van der Waals surface area (Å²) in [5.74, 6) is -2.51. The van der Waals surface area contributed by atoms with Crippen molar-refractivity contribution in [2.75, 3.05) is 6.54 Å². The summed E-state index contributed by atoms with van der Waals surface area (Å²) in [7, 11) is -9.28. The molecule has 11 heteroatoms. The minimum Gasteiger partial charge on any atom is -0.504 e. The molecular formula is C21H29NO8S2. The van der Waals surface area contributed by atoms with Crippen LogP contribution in [0.5, 0.6) is 23.0 Å². The Bertz CT molecular complexity index is 1050. The van der Waals surface area contributed by atoms with Crippen LogP contribution in [0.4, 0.5) is 0 Å². The van der Waals surface area contributed by atoms with Crippen molar-refractivity contribution in [2.45, 2.75) is 61.7 Å². The molecule has 0 saturated carbocycles. The van der Waals surface area contributed by atoms with Gasteiger partial charge in [-0.3, -0.25) is 0 Å². The van der Waals surface area contributed by atoms with Crippen molar-refractivity contribution < 1.29 is 37.3 Å². The van der Waals surface area contributed by atoms with E-state index in [4.69, 9.17) is 0 Å². The highest BCUT2D eigenvalue weighted by Gasteiger charge is 2.37. The van der Waals surface area contributed by atoms with Gasteiger partial charge in [-0.15, -0.1) is 0 Å². The SMILES string of the molecule is CCCCCCCCCN(S(=O)(=O)c1ccc(O)c(O)c1)S(=O)(=O)c1ccc(O)c(O)c1. The molecule has 4 N–H and O–H groups in total. The van der Waals surface area contributed by atoms with Crippen LogP contribution >= 0.6 is 0 Å². The van der Waals surface area contributed by atoms with Crippen LogP contribution in [0.3, 0.4) is 0 Å². The van der Waals surface area contributed by atoms with Crippen molar-refractivity contribution in [1.29, 1.82) is 0 Å². The van der Waals surface area contributed by atoms with E-state index in [2.05, 4.69) is 6.92 Å². The highest BCUT2D eigenvalue weighted by atomic mass is 32.3. The molecule has 9 nitrogen and oxygen atoms in total. The van der Waals surface area contributed by atoms with Crippen LogP contribution in [0.2, 0.25) is 0 Å². The quantitative estimate of drug-likeness (QED) is 0.261. The van der Waals surface area contributed by atoms with Crippen molar-refractivity contribution in [3.05, 3.63) is 36.4 Å². The van der Waals surface area contributed by atoms with Gasteiger partial charge in [0.25, 0.3) is 20.0 Å². The van der Waals surface area contributed by atoms with Crippen LogP contribution in [-0.2, 0) is 20.0 Å². The summed E-state index contributed by atoms with van der Waals surface area (Å²) in [4.78, 5) is -1.02. The molecule has 0 amide bonds. The minimum atomic E-state index is -4.64. The van der Waals surface area contributed by atoms with Gasteiger partial charge in [-0.25, -0.2) is 16.8 Å². The molecule has 32 heavy (non-hydrogen) atoms. The monoisotopic (exact) mass is 487 g/mol. The maximum atomic E-state index is 13.2. The van der Waals surface area contributed by atoms with E-state index in [0.717, 1.165) is 68.5 Å². The number of benzene rings is 2. The summed E-state index contributed by atoms with van der Waals surface area (Å²) < 4.78 is 53.2. The van der Waals surface area contributed by atoms with Gasteiger partial charge in [-0.1, -0.05) is 49.2 Å². The van der Waals surface area contributed by atoms with Crippen molar-refractivity contribution in [3.63, 3.8) is 0 Å². The Hall–Kier alpha value is -2.50. The Morgan fingerprint density at radius 3 is 1.44 bits per heavy atom. The van der Waals surface area contributed by atoms with Gasteiger partial charge in [-0.05, 0) is 30.7 Å². The van der Waals surface area contributed by atoms with Gasteiger partial charge in [0.15, 0.2) is 23.0 Å². The molecule has 2 aromatic carbocycles. The maximum Gasteiger partial charge on any atom is 0.256 e. The first kappa shape index (κ1) is 25.8. The molecule has 2 rings (SSSR count). The first-order chi connectivity index (χ1) is 15.0. The fourth-order valence-electron chi connectivity index (χ4n) is 3.13. The van der Waals surface area contributed by atoms with E-state index in [-0.39, 0.29) is 13.0 Å². The average molecular weight is 488 g/mol. The van der Waals surface area contributed by atoms with E-state index < -0.39 is 52.8 Å². The van der Waals surface area contributed by atoms with Crippen LogP contribution in [0.15, 0.2) is 46.2 Å². The van der Waals surface area contributed by atoms with E-state index in [1.807, 2.05) is 0 Å². The molecule has 2 aromatic rings. The number of nitrogens with zero attached hydrogens (tertiary/aromatic N) is 1. The number of sulfonamides is 2. The van der Waals surface area contributed by atoms with Crippen LogP contribution in [0, 0.1) is 0 Å². The standard InChI is InChI=1S/C21H29NO8S2/c1-2-3-4-5-6-7-8-13-22(31(27,28)16-9-11-18(23)20(25)14-16)32(29,30)17-10-12-19(24)21(26)15-17/h9-12,14-15,23-26H,2-8,13H2,1H3. The van der Waals surface area contributed by atoms with E-state index in [1.165, 1.54) is 0 Å². The normalized spacial score (nSPS) is 12.3. The lowest BCUT2D eigenvalue weighted by atomic mass is 10.1. The zero-order chi connectivity index (χ0) is 23.9. The zero-order valence-corrected chi connectivity index (χ0v) is 19.4. The lowest BCUT2D eigenvalue weighted by molar-refractivity contribution is 0.401. The Labute approximate surface area is 188 Å². The largest absolute Gasteiger partial charge is 0.504 e. The Morgan fingerprint density at radius 2 is 1.03 bits per heavy atom. The minimum absolute atomic E-state index is 0.277. The lowest BCUT2D eigenvalue weighted by Crippen LogP contribution is -2.37.